The maximum absolute atomic E-state index is 12.6. The van der Waals surface area contributed by atoms with E-state index in [0.29, 0.717) is 5.92 Å². The van der Waals surface area contributed by atoms with Crippen LogP contribution in [0, 0.1) is 5.92 Å². The molecule has 0 aromatic carbocycles. The zero-order valence-corrected chi connectivity index (χ0v) is 15.0. The Labute approximate surface area is 140 Å². The third-order valence-electron chi connectivity index (χ3n) is 6.01. The molecule has 2 bridgehead atoms. The van der Waals surface area contributed by atoms with E-state index < -0.39 is 11.2 Å². The van der Waals surface area contributed by atoms with Crippen LogP contribution in [0.4, 0.5) is 4.79 Å². The Balaban J connectivity index is 1.73. The fraction of sp³-hybridized carbons (Fsp3) is 0.947. The summed E-state index contributed by atoms with van der Waals surface area (Å²) in [5.41, 5.74) is -1.02. The van der Waals surface area contributed by atoms with Crippen LogP contribution >= 0.6 is 0 Å². The summed E-state index contributed by atoms with van der Waals surface area (Å²) in [6.45, 7) is 5.76. The van der Waals surface area contributed by atoms with Crippen molar-refractivity contribution in [3.05, 3.63) is 0 Å². The van der Waals surface area contributed by atoms with Crippen molar-refractivity contribution < 1.29 is 14.6 Å². The Morgan fingerprint density at radius 1 is 1.00 bits per heavy atom. The highest BCUT2D eigenvalue weighted by Crippen LogP contribution is 2.46. The minimum Gasteiger partial charge on any atom is -0.444 e. The minimum atomic E-state index is -0.561. The smallest absolute Gasteiger partial charge is 0.410 e. The van der Waals surface area contributed by atoms with Crippen LogP contribution < -0.4 is 0 Å². The third-order valence-corrected chi connectivity index (χ3v) is 6.01. The van der Waals surface area contributed by atoms with Gasteiger partial charge in [0.1, 0.15) is 5.60 Å². The fourth-order valence-electron chi connectivity index (χ4n) is 5.05. The lowest BCUT2D eigenvalue weighted by atomic mass is 9.66. The first kappa shape index (κ1) is 17.1. The molecule has 1 amide bonds. The molecule has 2 atom stereocenters. The van der Waals surface area contributed by atoms with E-state index >= 15 is 0 Å². The number of fused-ring (bicyclic) bond motifs is 2. The number of nitrogens with zero attached hydrogens (tertiary/aromatic N) is 1. The standard InChI is InChI=1S/C19H33NO3/c1-18(2,3)23-17(21)20-15-10-7-11-16(20)13-19(22,12-15)14-8-5-4-6-9-14/h14-16,22H,4-13H2,1-3H3. The molecular formula is C19H33NO3. The first-order valence-corrected chi connectivity index (χ1v) is 9.52. The molecule has 0 aromatic rings. The van der Waals surface area contributed by atoms with E-state index in [9.17, 15) is 9.90 Å². The number of aliphatic hydroxyl groups is 1. The average molecular weight is 323 g/mol. The van der Waals surface area contributed by atoms with Crippen molar-refractivity contribution in [3.8, 4) is 0 Å². The van der Waals surface area contributed by atoms with Gasteiger partial charge in [-0.25, -0.2) is 4.79 Å². The van der Waals surface area contributed by atoms with Gasteiger partial charge in [-0.05, 0) is 71.6 Å². The van der Waals surface area contributed by atoms with Crippen LogP contribution in [-0.4, -0.2) is 39.4 Å². The molecule has 0 radical (unpaired) electrons. The summed E-state index contributed by atoms with van der Waals surface area (Å²) in [4.78, 5) is 14.6. The molecule has 1 saturated carbocycles. The average Bonchev–Trinajstić information content (AvgIpc) is 2.45. The highest BCUT2D eigenvalue weighted by Gasteiger charge is 2.51. The van der Waals surface area contributed by atoms with Crippen molar-refractivity contribution in [1.29, 1.82) is 0 Å². The van der Waals surface area contributed by atoms with Crippen molar-refractivity contribution in [2.45, 2.75) is 108 Å². The van der Waals surface area contributed by atoms with Crippen LogP contribution in [0.2, 0.25) is 0 Å². The van der Waals surface area contributed by atoms with Gasteiger partial charge >= 0.3 is 6.09 Å². The number of piperidine rings is 2. The molecule has 4 nitrogen and oxygen atoms in total. The molecule has 3 aliphatic rings. The number of amides is 1. The lowest BCUT2D eigenvalue weighted by Gasteiger charge is -2.54. The third kappa shape index (κ3) is 3.67. The second-order valence-electron chi connectivity index (χ2n) is 8.97. The molecule has 23 heavy (non-hydrogen) atoms. The van der Waals surface area contributed by atoms with Gasteiger partial charge in [0.25, 0.3) is 0 Å². The van der Waals surface area contributed by atoms with Crippen LogP contribution in [0.15, 0.2) is 0 Å². The zero-order valence-electron chi connectivity index (χ0n) is 15.0. The zero-order chi connectivity index (χ0) is 16.7. The number of ether oxygens (including phenoxy) is 1. The van der Waals surface area contributed by atoms with Crippen LogP contribution in [0.1, 0.15) is 85.0 Å². The number of hydrogen-bond donors (Lipinski definition) is 1. The van der Waals surface area contributed by atoms with E-state index in [0.717, 1.165) is 44.9 Å². The molecule has 0 aromatic heterocycles. The predicted octanol–water partition coefficient (Wildman–Crippen LogP) is 4.25. The molecule has 4 heteroatoms. The van der Waals surface area contributed by atoms with Crippen LogP contribution in [0.3, 0.4) is 0 Å². The Morgan fingerprint density at radius 3 is 2.09 bits per heavy atom. The normalized spacial score (nSPS) is 35.9. The van der Waals surface area contributed by atoms with Gasteiger partial charge in [0, 0.05) is 12.1 Å². The predicted molar refractivity (Wildman–Crippen MR) is 90.3 cm³/mol. The van der Waals surface area contributed by atoms with E-state index in [2.05, 4.69) is 0 Å². The van der Waals surface area contributed by atoms with Crippen molar-refractivity contribution in [2.24, 2.45) is 5.92 Å². The topological polar surface area (TPSA) is 49.8 Å². The summed E-state index contributed by atoms with van der Waals surface area (Å²) < 4.78 is 5.63. The first-order valence-electron chi connectivity index (χ1n) is 9.52. The van der Waals surface area contributed by atoms with Gasteiger partial charge in [-0.15, -0.1) is 0 Å². The minimum absolute atomic E-state index is 0.157. The summed E-state index contributed by atoms with van der Waals surface area (Å²) in [5.74, 6) is 0.431. The molecule has 132 valence electrons. The van der Waals surface area contributed by atoms with Crippen LogP contribution in [-0.2, 0) is 4.74 Å². The molecule has 2 heterocycles. The number of carbonyl (C=O) groups excluding carboxylic acids is 1. The van der Waals surface area contributed by atoms with Crippen molar-refractivity contribution >= 4 is 6.09 Å². The number of rotatable bonds is 1. The summed E-state index contributed by atoms with van der Waals surface area (Å²) in [6.07, 6.45) is 10.6. The van der Waals surface area contributed by atoms with Crippen LogP contribution in [0.25, 0.3) is 0 Å². The largest absolute Gasteiger partial charge is 0.444 e. The Morgan fingerprint density at radius 2 is 1.57 bits per heavy atom. The Kier molecular flexibility index (Phi) is 4.65. The first-order chi connectivity index (χ1) is 10.8. The fourth-order valence-corrected chi connectivity index (χ4v) is 5.05. The second-order valence-corrected chi connectivity index (χ2v) is 8.97. The summed E-state index contributed by atoms with van der Waals surface area (Å²) >= 11 is 0. The van der Waals surface area contributed by atoms with Gasteiger partial charge in [0.15, 0.2) is 0 Å². The van der Waals surface area contributed by atoms with E-state index in [1.54, 1.807) is 0 Å². The van der Waals surface area contributed by atoms with Crippen molar-refractivity contribution in [2.75, 3.05) is 0 Å². The Hall–Kier alpha value is -0.770. The van der Waals surface area contributed by atoms with Gasteiger partial charge in [0.2, 0.25) is 0 Å². The molecule has 0 spiro atoms. The van der Waals surface area contributed by atoms with E-state index in [1.807, 2.05) is 25.7 Å². The summed E-state index contributed by atoms with van der Waals surface area (Å²) in [5, 5.41) is 11.4. The molecule has 1 N–H and O–H groups in total. The van der Waals surface area contributed by atoms with Gasteiger partial charge in [-0.1, -0.05) is 19.3 Å². The van der Waals surface area contributed by atoms with E-state index in [1.165, 1.54) is 19.3 Å². The van der Waals surface area contributed by atoms with Gasteiger partial charge < -0.3 is 14.7 Å². The monoisotopic (exact) mass is 323 g/mol. The molecule has 3 rings (SSSR count). The quantitative estimate of drug-likeness (QED) is 0.785. The maximum atomic E-state index is 12.6. The lowest BCUT2D eigenvalue weighted by Crippen LogP contribution is -2.62. The maximum Gasteiger partial charge on any atom is 0.410 e. The summed E-state index contributed by atoms with van der Waals surface area (Å²) in [7, 11) is 0. The van der Waals surface area contributed by atoms with Crippen molar-refractivity contribution in [3.63, 3.8) is 0 Å². The van der Waals surface area contributed by atoms with E-state index in [-0.39, 0.29) is 18.2 Å². The molecule has 1 aliphatic carbocycles. The van der Waals surface area contributed by atoms with Gasteiger partial charge in [-0.3, -0.25) is 0 Å². The second kappa shape index (κ2) is 6.27. The Bertz CT molecular complexity index is 422. The molecule has 2 aliphatic heterocycles. The van der Waals surface area contributed by atoms with Gasteiger partial charge in [-0.2, -0.15) is 0 Å². The highest BCUT2D eigenvalue weighted by molar-refractivity contribution is 5.69. The molecular weight excluding hydrogens is 290 g/mol. The number of hydrogen-bond acceptors (Lipinski definition) is 3. The molecule has 3 fully saturated rings. The SMILES string of the molecule is CC(C)(C)OC(=O)N1C2CCCC1CC(O)(C1CCCCC1)C2. The molecule has 2 saturated heterocycles. The van der Waals surface area contributed by atoms with Gasteiger partial charge in [0.05, 0.1) is 5.60 Å². The summed E-state index contributed by atoms with van der Waals surface area (Å²) in [6, 6.07) is 0.313. The van der Waals surface area contributed by atoms with Crippen LogP contribution in [0.5, 0.6) is 0 Å². The van der Waals surface area contributed by atoms with E-state index in [4.69, 9.17) is 4.74 Å². The highest BCUT2D eigenvalue weighted by atomic mass is 16.6. The number of carbonyl (C=O) groups is 1. The van der Waals surface area contributed by atoms with Crippen molar-refractivity contribution in [1.82, 2.24) is 4.90 Å². The molecule has 2 unspecified atom stereocenters. The lowest BCUT2D eigenvalue weighted by molar-refractivity contribution is -0.126.